The first-order valence-corrected chi connectivity index (χ1v) is 14.9. The first kappa shape index (κ1) is 27.2. The Hall–Kier alpha value is -2.97. The third-order valence-corrected chi connectivity index (χ3v) is 9.16. The van der Waals surface area contributed by atoms with Crippen LogP contribution in [0.15, 0.2) is 42.5 Å². The molecule has 0 spiro atoms. The van der Waals surface area contributed by atoms with E-state index in [4.69, 9.17) is 14.7 Å². The summed E-state index contributed by atoms with van der Waals surface area (Å²) in [6.45, 7) is 7.35. The van der Waals surface area contributed by atoms with Crippen molar-refractivity contribution in [1.29, 1.82) is 0 Å². The van der Waals surface area contributed by atoms with Crippen LogP contribution in [0.3, 0.4) is 0 Å². The Bertz CT molecular complexity index is 1310. The van der Waals surface area contributed by atoms with E-state index in [1.54, 1.807) is 0 Å². The second kappa shape index (κ2) is 11.5. The van der Waals surface area contributed by atoms with Crippen LogP contribution in [0.1, 0.15) is 49.4 Å². The highest BCUT2D eigenvalue weighted by Crippen LogP contribution is 2.45. The van der Waals surface area contributed by atoms with Gasteiger partial charge in [-0.05, 0) is 67.9 Å². The molecule has 8 heteroatoms. The summed E-state index contributed by atoms with van der Waals surface area (Å²) in [6.07, 6.45) is 4.03. The number of hydrogen-bond donors (Lipinski definition) is 0. The van der Waals surface area contributed by atoms with E-state index >= 15 is 4.39 Å². The van der Waals surface area contributed by atoms with Crippen LogP contribution in [0.2, 0.25) is 0 Å². The third-order valence-electron chi connectivity index (χ3n) is 9.16. The number of hydrogen-bond acceptors (Lipinski definition) is 7. The fourth-order valence-corrected chi connectivity index (χ4v) is 6.38. The first-order valence-electron chi connectivity index (χ1n) is 14.9. The zero-order valence-electron chi connectivity index (χ0n) is 24.3. The minimum absolute atomic E-state index is 0.370. The van der Waals surface area contributed by atoms with Crippen molar-refractivity contribution >= 4 is 28.1 Å². The Balaban J connectivity index is 1.26. The summed E-state index contributed by atoms with van der Waals surface area (Å²) < 4.78 is 21.1. The number of nitrogens with zero attached hydrogens (tertiary/aromatic N) is 6. The number of ether oxygens (including phenoxy) is 1. The molecular formula is C32H43FN6O. The predicted molar refractivity (Wildman–Crippen MR) is 162 cm³/mol. The fraction of sp³-hybridized carbons (Fsp3) is 0.562. The summed E-state index contributed by atoms with van der Waals surface area (Å²) in [7, 11) is 6.38. The Morgan fingerprint density at radius 2 is 1.73 bits per heavy atom. The molecule has 3 aromatic rings. The predicted octanol–water partition coefficient (Wildman–Crippen LogP) is 5.20. The van der Waals surface area contributed by atoms with Crippen LogP contribution in [-0.2, 0) is 10.4 Å². The summed E-state index contributed by atoms with van der Waals surface area (Å²) >= 11 is 0. The van der Waals surface area contributed by atoms with E-state index < -0.39 is 5.67 Å². The van der Waals surface area contributed by atoms with Crippen molar-refractivity contribution in [3.8, 4) is 0 Å². The number of para-hydroxylation sites is 1. The van der Waals surface area contributed by atoms with Gasteiger partial charge in [-0.3, -0.25) is 4.90 Å². The standard InChI is InChI=1S/C32H43FN6O/c1-36(2)29-8-5-4-7-26(29)24-11-15-39(16-12-24)30-27-23-25(37(3)17-18-38-19-21-40-22-20-38)9-10-28(27)34-31(35-30)32(33)13-6-14-32/h4-5,7-10,23-24H,6,11-22H2,1-3H3. The van der Waals surface area contributed by atoms with Crippen LogP contribution < -0.4 is 14.7 Å². The van der Waals surface area contributed by atoms with Gasteiger partial charge in [0, 0.05) is 77.2 Å². The van der Waals surface area contributed by atoms with E-state index in [9.17, 15) is 0 Å². The third kappa shape index (κ3) is 5.48. The summed E-state index contributed by atoms with van der Waals surface area (Å²) in [5, 5.41) is 1.02. The second-order valence-electron chi connectivity index (χ2n) is 12.0. The maximum absolute atomic E-state index is 15.6. The molecule has 0 N–H and O–H groups in total. The van der Waals surface area contributed by atoms with Gasteiger partial charge < -0.3 is 19.4 Å². The minimum atomic E-state index is -1.39. The van der Waals surface area contributed by atoms with Crippen LogP contribution in [0.4, 0.5) is 21.6 Å². The molecule has 1 saturated carbocycles. The number of halogens is 1. The fourth-order valence-electron chi connectivity index (χ4n) is 6.38. The molecule has 2 aliphatic heterocycles. The van der Waals surface area contributed by atoms with E-state index in [0.717, 1.165) is 94.2 Å². The van der Waals surface area contributed by atoms with Gasteiger partial charge in [-0.25, -0.2) is 14.4 Å². The lowest BCUT2D eigenvalue weighted by atomic mass is 9.81. The summed E-state index contributed by atoms with van der Waals surface area (Å²) in [5.74, 6) is 1.77. The normalized spacial score (nSPS) is 19.9. The topological polar surface area (TPSA) is 48.0 Å². The molecule has 214 valence electrons. The lowest BCUT2D eigenvalue weighted by Crippen LogP contribution is -2.40. The zero-order chi connectivity index (χ0) is 27.7. The van der Waals surface area contributed by atoms with Crippen LogP contribution in [0, 0.1) is 0 Å². The molecule has 0 amide bonds. The molecule has 3 heterocycles. The number of piperidine rings is 1. The summed E-state index contributed by atoms with van der Waals surface area (Å²) in [4.78, 5) is 19.1. The van der Waals surface area contributed by atoms with Crippen molar-refractivity contribution < 1.29 is 9.13 Å². The molecule has 3 fully saturated rings. The SMILES string of the molecule is CN(C)c1ccccc1C1CCN(c2nc(C3(F)CCC3)nc3ccc(N(C)CCN4CCOCC4)cc23)CC1. The number of aromatic nitrogens is 2. The lowest BCUT2D eigenvalue weighted by Gasteiger charge is -2.37. The molecule has 3 aliphatic rings. The number of fused-ring (bicyclic) bond motifs is 1. The Labute approximate surface area is 237 Å². The van der Waals surface area contributed by atoms with Crippen molar-refractivity contribution in [3.63, 3.8) is 0 Å². The van der Waals surface area contributed by atoms with E-state index in [0.29, 0.717) is 24.6 Å². The van der Waals surface area contributed by atoms with E-state index in [2.05, 4.69) is 83.2 Å². The Morgan fingerprint density at radius 1 is 0.975 bits per heavy atom. The van der Waals surface area contributed by atoms with Crippen LogP contribution >= 0.6 is 0 Å². The van der Waals surface area contributed by atoms with Gasteiger partial charge in [-0.2, -0.15) is 0 Å². The van der Waals surface area contributed by atoms with Gasteiger partial charge in [0.05, 0.1) is 18.7 Å². The maximum atomic E-state index is 15.6. The van der Waals surface area contributed by atoms with Gasteiger partial charge in [0.1, 0.15) is 5.82 Å². The monoisotopic (exact) mass is 546 g/mol. The number of alkyl halides is 1. The van der Waals surface area contributed by atoms with Gasteiger partial charge in [0.25, 0.3) is 0 Å². The van der Waals surface area contributed by atoms with E-state index in [1.165, 1.54) is 11.3 Å². The molecule has 2 saturated heterocycles. The average molecular weight is 547 g/mol. The zero-order valence-corrected chi connectivity index (χ0v) is 24.3. The number of benzene rings is 2. The lowest BCUT2D eigenvalue weighted by molar-refractivity contribution is 0.0393. The minimum Gasteiger partial charge on any atom is -0.379 e. The molecule has 2 aromatic carbocycles. The molecule has 6 rings (SSSR count). The van der Waals surface area contributed by atoms with Crippen LogP contribution in [0.25, 0.3) is 10.9 Å². The smallest absolute Gasteiger partial charge is 0.170 e. The van der Waals surface area contributed by atoms with Crippen molar-refractivity contribution in [2.45, 2.75) is 43.7 Å². The van der Waals surface area contributed by atoms with E-state index in [-0.39, 0.29) is 0 Å². The van der Waals surface area contributed by atoms with Gasteiger partial charge in [-0.1, -0.05) is 18.2 Å². The number of anilines is 3. The Morgan fingerprint density at radius 3 is 2.42 bits per heavy atom. The molecule has 0 unspecified atom stereocenters. The molecule has 0 bridgehead atoms. The highest BCUT2D eigenvalue weighted by Gasteiger charge is 2.42. The number of likely N-dealkylation sites (N-methyl/N-ethyl adjacent to an activating group) is 1. The first-order chi connectivity index (χ1) is 19.4. The number of morpholine rings is 1. The van der Waals surface area contributed by atoms with Gasteiger partial charge in [-0.15, -0.1) is 0 Å². The molecule has 7 nitrogen and oxygen atoms in total. The van der Waals surface area contributed by atoms with Crippen molar-refractivity contribution in [3.05, 3.63) is 53.9 Å². The highest BCUT2D eigenvalue weighted by molar-refractivity contribution is 5.92. The number of rotatable bonds is 8. The van der Waals surface area contributed by atoms with Gasteiger partial charge in [0.15, 0.2) is 11.5 Å². The quantitative estimate of drug-likeness (QED) is 0.385. The highest BCUT2D eigenvalue weighted by atomic mass is 19.1. The Kier molecular flexibility index (Phi) is 7.82. The summed E-state index contributed by atoms with van der Waals surface area (Å²) in [5.41, 5.74) is 3.31. The van der Waals surface area contributed by atoms with Crippen LogP contribution in [-0.4, -0.2) is 88.5 Å². The van der Waals surface area contributed by atoms with Crippen LogP contribution in [0.5, 0.6) is 0 Å². The second-order valence-corrected chi connectivity index (χ2v) is 12.0. The van der Waals surface area contributed by atoms with Gasteiger partial charge >= 0.3 is 0 Å². The molecule has 0 atom stereocenters. The van der Waals surface area contributed by atoms with Crippen molar-refractivity contribution in [1.82, 2.24) is 14.9 Å². The summed E-state index contributed by atoms with van der Waals surface area (Å²) in [6, 6.07) is 15.1. The van der Waals surface area contributed by atoms with Crippen molar-refractivity contribution in [2.24, 2.45) is 0 Å². The molecule has 40 heavy (non-hydrogen) atoms. The molecule has 0 radical (unpaired) electrons. The molecular weight excluding hydrogens is 503 g/mol. The largest absolute Gasteiger partial charge is 0.379 e. The molecule has 1 aliphatic carbocycles. The van der Waals surface area contributed by atoms with Crippen molar-refractivity contribution in [2.75, 3.05) is 88.3 Å². The average Bonchev–Trinajstić information content (AvgIpc) is 2.98. The molecule has 1 aromatic heterocycles. The van der Waals surface area contributed by atoms with Gasteiger partial charge in [0.2, 0.25) is 0 Å². The maximum Gasteiger partial charge on any atom is 0.170 e. The van der Waals surface area contributed by atoms with E-state index in [1.807, 2.05) is 0 Å².